The van der Waals surface area contributed by atoms with Crippen molar-refractivity contribution in [3.8, 4) is 23.1 Å². The standard InChI is InChI=1S/C17H19N3O2/c1-3-14(11-21)19-17-13(10-18)6-9-16(20-17)12-4-7-15(22-2)8-5-12/h4-9,14,21H,3,11H2,1-2H3,(H,19,20)/t14-/m1/s1. The summed E-state index contributed by atoms with van der Waals surface area (Å²) in [7, 11) is 1.62. The highest BCUT2D eigenvalue weighted by molar-refractivity contribution is 5.65. The summed E-state index contributed by atoms with van der Waals surface area (Å²) < 4.78 is 5.14. The Morgan fingerprint density at radius 1 is 1.27 bits per heavy atom. The first-order valence-electron chi connectivity index (χ1n) is 7.14. The quantitative estimate of drug-likeness (QED) is 0.857. The van der Waals surface area contributed by atoms with Gasteiger partial charge in [-0.2, -0.15) is 5.26 Å². The molecule has 0 bridgehead atoms. The molecule has 2 N–H and O–H groups in total. The monoisotopic (exact) mass is 297 g/mol. The molecule has 1 aromatic heterocycles. The van der Waals surface area contributed by atoms with E-state index in [1.54, 1.807) is 13.2 Å². The van der Waals surface area contributed by atoms with Crippen molar-refractivity contribution in [2.24, 2.45) is 0 Å². The minimum absolute atomic E-state index is 0.00415. The van der Waals surface area contributed by atoms with Crippen LogP contribution in [0.5, 0.6) is 5.75 Å². The summed E-state index contributed by atoms with van der Waals surface area (Å²) in [5.74, 6) is 1.28. The van der Waals surface area contributed by atoms with Gasteiger partial charge in [0.1, 0.15) is 17.6 Å². The normalized spacial score (nSPS) is 11.5. The molecular formula is C17H19N3O2. The second kappa shape index (κ2) is 7.43. The molecule has 0 unspecified atom stereocenters. The Hall–Kier alpha value is -2.58. The van der Waals surface area contributed by atoms with Crippen molar-refractivity contribution in [3.63, 3.8) is 0 Å². The number of rotatable bonds is 6. The molecule has 0 aliphatic heterocycles. The van der Waals surface area contributed by atoms with E-state index in [2.05, 4.69) is 16.4 Å². The average Bonchev–Trinajstić information content (AvgIpc) is 2.59. The average molecular weight is 297 g/mol. The third kappa shape index (κ3) is 3.54. The first-order chi connectivity index (χ1) is 10.7. The van der Waals surface area contributed by atoms with E-state index in [9.17, 15) is 10.4 Å². The van der Waals surface area contributed by atoms with E-state index in [-0.39, 0.29) is 12.6 Å². The predicted molar refractivity (Wildman–Crippen MR) is 85.7 cm³/mol. The Labute approximate surface area is 130 Å². The molecule has 0 amide bonds. The maximum Gasteiger partial charge on any atom is 0.144 e. The van der Waals surface area contributed by atoms with Gasteiger partial charge in [0.05, 0.1) is 31.0 Å². The fourth-order valence-electron chi connectivity index (χ4n) is 2.05. The van der Waals surface area contributed by atoms with Crippen LogP contribution in [0.2, 0.25) is 0 Å². The zero-order valence-corrected chi connectivity index (χ0v) is 12.7. The zero-order valence-electron chi connectivity index (χ0n) is 12.7. The summed E-state index contributed by atoms with van der Waals surface area (Å²) in [5, 5.41) is 21.6. The van der Waals surface area contributed by atoms with Gasteiger partial charge in [0.2, 0.25) is 0 Å². The van der Waals surface area contributed by atoms with E-state index in [1.807, 2.05) is 37.3 Å². The second-order valence-corrected chi connectivity index (χ2v) is 4.87. The van der Waals surface area contributed by atoms with E-state index in [4.69, 9.17) is 4.74 Å². The smallest absolute Gasteiger partial charge is 0.144 e. The number of hydrogen-bond acceptors (Lipinski definition) is 5. The number of anilines is 1. The lowest BCUT2D eigenvalue weighted by Gasteiger charge is -2.16. The van der Waals surface area contributed by atoms with Gasteiger partial charge in [-0.25, -0.2) is 4.98 Å². The maximum atomic E-state index is 9.31. The van der Waals surface area contributed by atoms with Crippen LogP contribution in [-0.4, -0.2) is 29.8 Å². The van der Waals surface area contributed by atoms with Crippen molar-refractivity contribution in [2.45, 2.75) is 19.4 Å². The minimum atomic E-state index is -0.120. The number of aromatic nitrogens is 1. The second-order valence-electron chi connectivity index (χ2n) is 4.87. The van der Waals surface area contributed by atoms with E-state index >= 15 is 0 Å². The molecule has 0 aliphatic carbocycles. The molecule has 0 spiro atoms. The van der Waals surface area contributed by atoms with Crippen molar-refractivity contribution in [2.75, 3.05) is 19.0 Å². The Morgan fingerprint density at radius 2 is 2.00 bits per heavy atom. The Bertz CT molecular complexity index is 659. The Morgan fingerprint density at radius 3 is 2.55 bits per heavy atom. The molecular weight excluding hydrogens is 278 g/mol. The maximum absolute atomic E-state index is 9.31. The molecule has 22 heavy (non-hydrogen) atoms. The minimum Gasteiger partial charge on any atom is -0.497 e. The van der Waals surface area contributed by atoms with Crippen LogP contribution in [0.15, 0.2) is 36.4 Å². The Kier molecular flexibility index (Phi) is 5.34. The van der Waals surface area contributed by atoms with Crippen molar-refractivity contribution in [1.82, 2.24) is 4.98 Å². The van der Waals surface area contributed by atoms with Crippen molar-refractivity contribution in [1.29, 1.82) is 5.26 Å². The predicted octanol–water partition coefficient (Wildman–Crippen LogP) is 2.81. The van der Waals surface area contributed by atoms with Crippen LogP contribution in [0, 0.1) is 11.3 Å². The van der Waals surface area contributed by atoms with Gasteiger partial charge in [0, 0.05) is 5.56 Å². The van der Waals surface area contributed by atoms with Gasteiger partial charge in [0.25, 0.3) is 0 Å². The molecule has 0 saturated heterocycles. The third-order valence-electron chi connectivity index (χ3n) is 3.46. The fraction of sp³-hybridized carbons (Fsp3) is 0.294. The van der Waals surface area contributed by atoms with E-state index in [0.29, 0.717) is 11.4 Å². The molecule has 5 nitrogen and oxygen atoms in total. The summed E-state index contributed by atoms with van der Waals surface area (Å²) in [6.07, 6.45) is 0.746. The van der Waals surface area contributed by atoms with Crippen LogP contribution in [0.25, 0.3) is 11.3 Å². The highest BCUT2D eigenvalue weighted by Crippen LogP contribution is 2.24. The number of hydrogen-bond donors (Lipinski definition) is 2. The highest BCUT2D eigenvalue weighted by Gasteiger charge is 2.11. The molecule has 0 aliphatic rings. The molecule has 1 atom stereocenters. The number of aliphatic hydroxyl groups excluding tert-OH is 1. The summed E-state index contributed by atoms with van der Waals surface area (Å²) in [4.78, 5) is 4.52. The Balaban J connectivity index is 2.35. The van der Waals surface area contributed by atoms with Crippen molar-refractivity contribution in [3.05, 3.63) is 42.0 Å². The van der Waals surface area contributed by atoms with Crippen LogP contribution in [0.3, 0.4) is 0 Å². The van der Waals surface area contributed by atoms with Gasteiger partial charge in [-0.3, -0.25) is 0 Å². The first kappa shape index (κ1) is 15.8. The number of nitrogens with one attached hydrogen (secondary N) is 1. The van der Waals surface area contributed by atoms with E-state index < -0.39 is 0 Å². The van der Waals surface area contributed by atoms with E-state index in [0.717, 1.165) is 23.4 Å². The zero-order chi connectivity index (χ0) is 15.9. The van der Waals surface area contributed by atoms with Crippen molar-refractivity contribution < 1.29 is 9.84 Å². The van der Waals surface area contributed by atoms with Crippen LogP contribution >= 0.6 is 0 Å². The number of methoxy groups -OCH3 is 1. The molecule has 1 heterocycles. The number of nitriles is 1. The largest absolute Gasteiger partial charge is 0.497 e. The number of aliphatic hydroxyl groups is 1. The number of benzene rings is 1. The van der Waals surface area contributed by atoms with Gasteiger partial charge in [0.15, 0.2) is 0 Å². The van der Waals surface area contributed by atoms with Crippen LogP contribution in [-0.2, 0) is 0 Å². The van der Waals surface area contributed by atoms with Gasteiger partial charge >= 0.3 is 0 Å². The van der Waals surface area contributed by atoms with Crippen molar-refractivity contribution >= 4 is 5.82 Å². The summed E-state index contributed by atoms with van der Waals surface area (Å²) in [6.45, 7) is 1.96. The fourth-order valence-corrected chi connectivity index (χ4v) is 2.05. The highest BCUT2D eigenvalue weighted by atomic mass is 16.5. The van der Waals surface area contributed by atoms with Gasteiger partial charge in [-0.05, 0) is 42.8 Å². The van der Waals surface area contributed by atoms with Crippen LogP contribution in [0.4, 0.5) is 5.82 Å². The SMILES string of the molecule is CC[C@H](CO)Nc1nc(-c2ccc(OC)cc2)ccc1C#N. The molecule has 2 aromatic rings. The van der Waals surface area contributed by atoms with Crippen LogP contribution < -0.4 is 10.1 Å². The number of nitrogens with zero attached hydrogens (tertiary/aromatic N) is 2. The molecule has 114 valence electrons. The number of pyridine rings is 1. The van der Waals surface area contributed by atoms with Gasteiger partial charge < -0.3 is 15.2 Å². The third-order valence-corrected chi connectivity index (χ3v) is 3.46. The van der Waals surface area contributed by atoms with Gasteiger partial charge in [-0.1, -0.05) is 6.92 Å². The molecule has 5 heteroatoms. The lowest BCUT2D eigenvalue weighted by molar-refractivity contribution is 0.271. The first-order valence-corrected chi connectivity index (χ1v) is 7.14. The summed E-state index contributed by atoms with van der Waals surface area (Å²) >= 11 is 0. The summed E-state index contributed by atoms with van der Waals surface area (Å²) in [5.41, 5.74) is 2.16. The lowest BCUT2D eigenvalue weighted by atomic mass is 10.1. The molecule has 1 aromatic carbocycles. The number of ether oxygens (including phenoxy) is 1. The topological polar surface area (TPSA) is 78.2 Å². The molecule has 0 saturated carbocycles. The van der Waals surface area contributed by atoms with Crippen LogP contribution in [0.1, 0.15) is 18.9 Å². The molecule has 0 radical (unpaired) electrons. The summed E-state index contributed by atoms with van der Waals surface area (Å²) in [6, 6.07) is 13.1. The van der Waals surface area contributed by atoms with Gasteiger partial charge in [-0.15, -0.1) is 0 Å². The molecule has 0 fully saturated rings. The van der Waals surface area contributed by atoms with E-state index in [1.165, 1.54) is 0 Å². The lowest BCUT2D eigenvalue weighted by Crippen LogP contribution is -2.23. The molecule has 2 rings (SSSR count).